The molecule has 0 amide bonds. The summed E-state index contributed by atoms with van der Waals surface area (Å²) >= 11 is 0. The summed E-state index contributed by atoms with van der Waals surface area (Å²) in [5.74, 6) is 1.69. The van der Waals surface area contributed by atoms with E-state index in [2.05, 4.69) is 48.0 Å². The molecule has 0 saturated carbocycles. The number of hydrogen-bond acceptors (Lipinski definition) is 0. The van der Waals surface area contributed by atoms with Gasteiger partial charge in [-0.1, -0.05) is 67.2 Å². The Balaban J connectivity index is 3.90. The fraction of sp³-hybridized carbons (Fsp3) is 0.941. The van der Waals surface area contributed by atoms with Crippen molar-refractivity contribution in [2.75, 3.05) is 0 Å². The largest absolute Gasteiger partial charge is 0.0654 e. The molecule has 0 aromatic heterocycles. The van der Waals surface area contributed by atoms with Crippen LogP contribution in [-0.4, -0.2) is 0 Å². The first-order chi connectivity index (χ1) is 7.88. The van der Waals surface area contributed by atoms with E-state index in [4.69, 9.17) is 0 Å². The van der Waals surface area contributed by atoms with Gasteiger partial charge in [0.05, 0.1) is 0 Å². The number of unbranched alkanes of at least 4 members (excludes halogenated alkanes) is 3. The van der Waals surface area contributed by atoms with E-state index in [1.54, 1.807) is 0 Å². The lowest BCUT2D eigenvalue weighted by Crippen LogP contribution is -2.20. The predicted octanol–water partition coefficient (Wildman–Crippen LogP) is 6.26. The van der Waals surface area contributed by atoms with Gasteiger partial charge in [-0.2, -0.15) is 0 Å². The molecule has 0 heteroatoms. The highest BCUT2D eigenvalue weighted by Crippen LogP contribution is 2.34. The van der Waals surface area contributed by atoms with Crippen molar-refractivity contribution in [3.8, 4) is 0 Å². The van der Waals surface area contributed by atoms with Crippen molar-refractivity contribution in [3.63, 3.8) is 0 Å². The van der Waals surface area contributed by atoms with Gasteiger partial charge in [-0.3, -0.25) is 0 Å². The topological polar surface area (TPSA) is 0 Å². The van der Waals surface area contributed by atoms with Crippen LogP contribution >= 0.6 is 0 Å². The van der Waals surface area contributed by atoms with Crippen LogP contribution in [-0.2, 0) is 0 Å². The Hall–Kier alpha value is 0. The van der Waals surface area contributed by atoms with Crippen molar-refractivity contribution in [1.82, 2.24) is 0 Å². The van der Waals surface area contributed by atoms with Gasteiger partial charge in [0.15, 0.2) is 0 Å². The quantitative estimate of drug-likeness (QED) is 0.417. The zero-order valence-corrected chi connectivity index (χ0v) is 13.2. The second-order valence-corrected chi connectivity index (χ2v) is 7.07. The molecule has 0 N–H and O–H groups in total. The van der Waals surface area contributed by atoms with Gasteiger partial charge in [-0.15, -0.1) is 0 Å². The average molecular weight is 239 g/mol. The maximum atomic E-state index is 2.53. The van der Waals surface area contributed by atoms with Crippen molar-refractivity contribution in [2.24, 2.45) is 17.3 Å². The fourth-order valence-corrected chi connectivity index (χ4v) is 2.35. The van der Waals surface area contributed by atoms with E-state index in [-0.39, 0.29) is 0 Å². The van der Waals surface area contributed by atoms with Gasteiger partial charge in [-0.05, 0) is 42.9 Å². The second-order valence-electron chi connectivity index (χ2n) is 7.07. The van der Waals surface area contributed by atoms with E-state index in [0.717, 1.165) is 11.8 Å². The van der Waals surface area contributed by atoms with Crippen LogP contribution in [0.3, 0.4) is 0 Å². The minimum absolute atomic E-state index is 0.472. The molecular weight excluding hydrogens is 204 g/mol. The SMILES string of the molecule is CCCCCCC(C[CH]CC(C)C)C(C)(C)C. The molecule has 1 radical (unpaired) electrons. The first-order valence-corrected chi connectivity index (χ1v) is 7.69. The van der Waals surface area contributed by atoms with Crippen molar-refractivity contribution in [2.45, 2.75) is 86.5 Å². The van der Waals surface area contributed by atoms with Crippen LogP contribution in [0.5, 0.6) is 0 Å². The Bertz CT molecular complexity index is 161. The summed E-state index contributed by atoms with van der Waals surface area (Å²) in [7, 11) is 0. The second kappa shape index (κ2) is 9.00. The van der Waals surface area contributed by atoms with Gasteiger partial charge in [0, 0.05) is 0 Å². The Labute approximate surface area is 111 Å². The Morgan fingerprint density at radius 3 is 2.06 bits per heavy atom. The van der Waals surface area contributed by atoms with E-state index in [0.29, 0.717) is 5.41 Å². The van der Waals surface area contributed by atoms with Gasteiger partial charge in [0.2, 0.25) is 0 Å². The van der Waals surface area contributed by atoms with E-state index < -0.39 is 0 Å². The van der Waals surface area contributed by atoms with Crippen LogP contribution in [0.4, 0.5) is 0 Å². The van der Waals surface area contributed by atoms with E-state index >= 15 is 0 Å². The molecule has 0 fully saturated rings. The lowest BCUT2D eigenvalue weighted by atomic mass is 9.75. The van der Waals surface area contributed by atoms with Gasteiger partial charge < -0.3 is 0 Å². The summed E-state index contributed by atoms with van der Waals surface area (Å²) in [5, 5.41) is 0. The lowest BCUT2D eigenvalue weighted by molar-refractivity contribution is 0.214. The van der Waals surface area contributed by atoms with Crippen LogP contribution < -0.4 is 0 Å². The molecule has 0 aromatic carbocycles. The van der Waals surface area contributed by atoms with Crippen LogP contribution in [0.1, 0.15) is 86.5 Å². The van der Waals surface area contributed by atoms with Crippen molar-refractivity contribution >= 4 is 0 Å². The van der Waals surface area contributed by atoms with Gasteiger partial charge in [-0.25, -0.2) is 0 Å². The summed E-state index contributed by atoms with van der Waals surface area (Å²) in [4.78, 5) is 0. The molecule has 0 aliphatic rings. The molecule has 1 unspecified atom stereocenters. The molecule has 0 aliphatic heterocycles. The molecule has 0 bridgehead atoms. The van der Waals surface area contributed by atoms with Crippen LogP contribution in [0.25, 0.3) is 0 Å². The monoisotopic (exact) mass is 239 g/mol. The highest BCUT2D eigenvalue weighted by atomic mass is 14.3. The molecule has 0 heterocycles. The molecule has 0 aliphatic carbocycles. The van der Waals surface area contributed by atoms with Gasteiger partial charge >= 0.3 is 0 Å². The van der Waals surface area contributed by atoms with E-state index in [1.165, 1.54) is 44.9 Å². The van der Waals surface area contributed by atoms with Gasteiger partial charge in [0.1, 0.15) is 0 Å². The van der Waals surface area contributed by atoms with Crippen molar-refractivity contribution in [1.29, 1.82) is 0 Å². The third-order valence-corrected chi connectivity index (χ3v) is 3.72. The third kappa shape index (κ3) is 9.68. The molecule has 0 saturated heterocycles. The highest BCUT2D eigenvalue weighted by Gasteiger charge is 2.23. The van der Waals surface area contributed by atoms with E-state index in [1.807, 2.05) is 0 Å². The Kier molecular flexibility index (Phi) is 9.00. The summed E-state index contributed by atoms with van der Waals surface area (Å²) in [5.41, 5.74) is 0.472. The normalized spacial score (nSPS) is 14.3. The fourth-order valence-electron chi connectivity index (χ4n) is 2.35. The van der Waals surface area contributed by atoms with E-state index in [9.17, 15) is 0 Å². The van der Waals surface area contributed by atoms with Crippen LogP contribution in [0, 0.1) is 23.7 Å². The predicted molar refractivity (Wildman–Crippen MR) is 80.1 cm³/mol. The van der Waals surface area contributed by atoms with Crippen LogP contribution in [0.15, 0.2) is 0 Å². The highest BCUT2D eigenvalue weighted by molar-refractivity contribution is 4.80. The number of rotatable bonds is 9. The zero-order chi connectivity index (χ0) is 13.3. The Morgan fingerprint density at radius 1 is 0.941 bits per heavy atom. The number of hydrogen-bond donors (Lipinski definition) is 0. The molecule has 0 aromatic rings. The summed E-state index contributed by atoms with van der Waals surface area (Å²) in [6, 6.07) is 0. The summed E-state index contributed by atoms with van der Waals surface area (Å²) in [6.07, 6.45) is 12.1. The summed E-state index contributed by atoms with van der Waals surface area (Å²) < 4.78 is 0. The first-order valence-electron chi connectivity index (χ1n) is 7.69. The standard InChI is InChI=1S/C17H35/c1-7-8-9-10-13-16(17(4,5)6)14-11-12-15(2)3/h11,15-16H,7-10,12-14H2,1-6H3. The lowest BCUT2D eigenvalue weighted by Gasteiger charge is -2.31. The molecule has 0 nitrogen and oxygen atoms in total. The first kappa shape index (κ1) is 17.0. The van der Waals surface area contributed by atoms with Crippen molar-refractivity contribution < 1.29 is 0 Å². The Morgan fingerprint density at radius 2 is 1.59 bits per heavy atom. The smallest absolute Gasteiger partial charge is 0.0354 e. The van der Waals surface area contributed by atoms with Crippen LogP contribution in [0.2, 0.25) is 0 Å². The molecule has 0 spiro atoms. The average Bonchev–Trinajstić information content (AvgIpc) is 2.19. The summed E-state index contributed by atoms with van der Waals surface area (Å²) in [6.45, 7) is 14.1. The molecule has 0 rings (SSSR count). The molecular formula is C17H35. The third-order valence-electron chi connectivity index (χ3n) is 3.72. The minimum atomic E-state index is 0.472. The zero-order valence-electron chi connectivity index (χ0n) is 13.2. The molecule has 17 heavy (non-hydrogen) atoms. The molecule has 103 valence electrons. The van der Waals surface area contributed by atoms with Gasteiger partial charge in [0.25, 0.3) is 0 Å². The maximum absolute atomic E-state index is 2.53. The van der Waals surface area contributed by atoms with Crippen molar-refractivity contribution in [3.05, 3.63) is 6.42 Å². The maximum Gasteiger partial charge on any atom is -0.0354 e. The minimum Gasteiger partial charge on any atom is -0.0654 e. The molecule has 1 atom stereocenters.